The standard InChI is InChI=1S/C15H14N2O8S2/c1-8-11(13(18)24-2)15(26-12(8)14(19)25-3)27(22,23)16-9-5-4-6-10(7-9)17(20)21/h4-7,16H,1-3H3. The minimum Gasteiger partial charge on any atom is -0.465 e. The molecule has 12 heteroatoms. The van der Waals surface area contributed by atoms with Gasteiger partial charge in [0.05, 0.1) is 30.4 Å². The molecule has 1 aromatic carbocycles. The number of anilines is 1. The topological polar surface area (TPSA) is 142 Å². The Morgan fingerprint density at radius 3 is 2.37 bits per heavy atom. The lowest BCUT2D eigenvalue weighted by Crippen LogP contribution is -2.16. The van der Waals surface area contributed by atoms with Crippen molar-refractivity contribution in [2.45, 2.75) is 11.1 Å². The second-order valence-electron chi connectivity index (χ2n) is 5.11. The Labute approximate surface area is 157 Å². The Morgan fingerprint density at radius 1 is 1.19 bits per heavy atom. The van der Waals surface area contributed by atoms with Crippen LogP contribution in [0.5, 0.6) is 0 Å². The van der Waals surface area contributed by atoms with E-state index in [-0.39, 0.29) is 27.4 Å². The molecular formula is C15H14N2O8S2. The van der Waals surface area contributed by atoms with Crippen LogP contribution in [0.1, 0.15) is 25.6 Å². The van der Waals surface area contributed by atoms with Crippen molar-refractivity contribution in [3.63, 3.8) is 0 Å². The first-order valence-corrected chi connectivity index (χ1v) is 9.49. The number of non-ortho nitro benzene ring substituents is 1. The predicted molar refractivity (Wildman–Crippen MR) is 95.6 cm³/mol. The van der Waals surface area contributed by atoms with Crippen LogP contribution in [0.25, 0.3) is 0 Å². The van der Waals surface area contributed by atoms with Crippen molar-refractivity contribution in [2.24, 2.45) is 0 Å². The average Bonchev–Trinajstić information content (AvgIpc) is 2.98. The number of sulfonamides is 1. The predicted octanol–water partition coefficient (Wildman–Crippen LogP) is 2.34. The van der Waals surface area contributed by atoms with Crippen LogP contribution in [0.3, 0.4) is 0 Å². The molecule has 0 aliphatic carbocycles. The third-order valence-electron chi connectivity index (χ3n) is 3.43. The Morgan fingerprint density at radius 2 is 1.81 bits per heavy atom. The molecule has 0 spiro atoms. The maximum absolute atomic E-state index is 12.8. The SMILES string of the molecule is COC(=O)c1sc(S(=O)(=O)Nc2cccc([N+](=O)[O-])c2)c(C(=O)OC)c1C. The lowest BCUT2D eigenvalue weighted by atomic mass is 10.2. The fraction of sp³-hybridized carbons (Fsp3) is 0.200. The molecule has 144 valence electrons. The van der Waals surface area contributed by atoms with E-state index in [0.29, 0.717) is 11.3 Å². The summed E-state index contributed by atoms with van der Waals surface area (Å²) in [6.45, 7) is 1.39. The van der Waals surface area contributed by atoms with E-state index in [1.54, 1.807) is 0 Å². The van der Waals surface area contributed by atoms with Gasteiger partial charge in [-0.25, -0.2) is 18.0 Å². The zero-order valence-corrected chi connectivity index (χ0v) is 16.0. The molecule has 0 radical (unpaired) electrons. The highest BCUT2D eigenvalue weighted by molar-refractivity contribution is 7.94. The largest absolute Gasteiger partial charge is 0.465 e. The number of esters is 2. The number of hydrogen-bond donors (Lipinski definition) is 1. The Balaban J connectivity index is 2.58. The van der Waals surface area contributed by atoms with Crippen molar-refractivity contribution in [1.82, 2.24) is 0 Å². The van der Waals surface area contributed by atoms with E-state index in [0.717, 1.165) is 20.3 Å². The van der Waals surface area contributed by atoms with Gasteiger partial charge >= 0.3 is 11.9 Å². The fourth-order valence-electron chi connectivity index (χ4n) is 2.19. The number of rotatable bonds is 6. The lowest BCUT2D eigenvalue weighted by molar-refractivity contribution is -0.384. The number of carbonyl (C=O) groups is 2. The molecule has 27 heavy (non-hydrogen) atoms. The molecule has 0 bridgehead atoms. The van der Waals surface area contributed by atoms with Crippen LogP contribution in [-0.2, 0) is 19.5 Å². The zero-order chi connectivity index (χ0) is 20.4. The summed E-state index contributed by atoms with van der Waals surface area (Å²) in [5, 5.41) is 10.8. The van der Waals surface area contributed by atoms with Gasteiger partial charge in [-0.05, 0) is 18.6 Å². The van der Waals surface area contributed by atoms with E-state index >= 15 is 0 Å². The summed E-state index contributed by atoms with van der Waals surface area (Å²) in [6.07, 6.45) is 0. The Hall–Kier alpha value is -2.99. The van der Waals surface area contributed by atoms with Crippen molar-refractivity contribution >= 4 is 44.7 Å². The highest BCUT2D eigenvalue weighted by Crippen LogP contribution is 2.34. The first-order valence-electron chi connectivity index (χ1n) is 7.19. The highest BCUT2D eigenvalue weighted by atomic mass is 32.2. The van der Waals surface area contributed by atoms with Gasteiger partial charge in [0.2, 0.25) is 0 Å². The number of nitro groups is 1. The monoisotopic (exact) mass is 414 g/mol. The van der Waals surface area contributed by atoms with Crippen LogP contribution < -0.4 is 4.72 Å². The Bertz CT molecular complexity index is 1030. The van der Waals surface area contributed by atoms with E-state index in [2.05, 4.69) is 14.2 Å². The molecule has 0 unspecified atom stereocenters. The highest BCUT2D eigenvalue weighted by Gasteiger charge is 2.32. The molecule has 0 aliphatic heterocycles. The number of methoxy groups -OCH3 is 2. The maximum atomic E-state index is 12.8. The lowest BCUT2D eigenvalue weighted by Gasteiger charge is -2.08. The van der Waals surface area contributed by atoms with Crippen LogP contribution in [-0.4, -0.2) is 39.5 Å². The third kappa shape index (κ3) is 4.06. The molecule has 10 nitrogen and oxygen atoms in total. The molecular weight excluding hydrogens is 400 g/mol. The first-order chi connectivity index (χ1) is 12.6. The van der Waals surface area contributed by atoms with E-state index in [4.69, 9.17) is 0 Å². The van der Waals surface area contributed by atoms with Gasteiger partial charge in [-0.3, -0.25) is 14.8 Å². The number of nitrogens with one attached hydrogen (secondary N) is 1. The van der Waals surface area contributed by atoms with Gasteiger partial charge < -0.3 is 9.47 Å². The smallest absolute Gasteiger partial charge is 0.348 e. The summed E-state index contributed by atoms with van der Waals surface area (Å²) < 4.78 is 36.5. The van der Waals surface area contributed by atoms with Gasteiger partial charge in [0.1, 0.15) is 4.88 Å². The van der Waals surface area contributed by atoms with Crippen LogP contribution in [0.2, 0.25) is 0 Å². The van der Waals surface area contributed by atoms with Gasteiger partial charge in [-0.15, -0.1) is 11.3 Å². The third-order valence-corrected chi connectivity index (χ3v) is 6.60. The van der Waals surface area contributed by atoms with Gasteiger partial charge in [0.25, 0.3) is 15.7 Å². The second-order valence-corrected chi connectivity index (χ2v) is 8.01. The number of thiophene rings is 1. The Kier molecular flexibility index (Phi) is 5.81. The quantitative estimate of drug-likeness (QED) is 0.431. The van der Waals surface area contributed by atoms with Crippen LogP contribution in [0.15, 0.2) is 28.5 Å². The molecule has 2 aromatic rings. The molecule has 0 aliphatic rings. The van der Waals surface area contributed by atoms with Gasteiger partial charge in [0, 0.05) is 12.1 Å². The van der Waals surface area contributed by atoms with E-state index < -0.39 is 31.1 Å². The number of hydrogen-bond acceptors (Lipinski definition) is 9. The van der Waals surface area contributed by atoms with Crippen molar-refractivity contribution < 1.29 is 32.4 Å². The minimum absolute atomic E-state index is 0.0719. The van der Waals surface area contributed by atoms with E-state index in [9.17, 15) is 28.1 Å². The molecule has 0 atom stereocenters. The van der Waals surface area contributed by atoms with Gasteiger partial charge in [-0.2, -0.15) is 0 Å². The van der Waals surface area contributed by atoms with Gasteiger partial charge in [-0.1, -0.05) is 6.07 Å². The van der Waals surface area contributed by atoms with Crippen molar-refractivity contribution in [1.29, 1.82) is 0 Å². The molecule has 1 aromatic heterocycles. The summed E-state index contributed by atoms with van der Waals surface area (Å²) >= 11 is 0.539. The number of ether oxygens (including phenoxy) is 2. The van der Waals surface area contributed by atoms with E-state index in [1.165, 1.54) is 25.1 Å². The minimum atomic E-state index is -4.35. The molecule has 0 fully saturated rings. The summed E-state index contributed by atoms with van der Waals surface area (Å²) in [6, 6.07) is 4.83. The van der Waals surface area contributed by atoms with Crippen molar-refractivity contribution in [3.05, 3.63) is 50.4 Å². The average molecular weight is 414 g/mol. The molecule has 0 saturated heterocycles. The maximum Gasteiger partial charge on any atom is 0.348 e. The summed E-state index contributed by atoms with van der Waals surface area (Å²) in [7, 11) is -2.16. The number of benzene rings is 1. The van der Waals surface area contributed by atoms with Crippen LogP contribution in [0, 0.1) is 17.0 Å². The number of carbonyl (C=O) groups excluding carboxylic acids is 2. The summed E-state index contributed by atoms with van der Waals surface area (Å²) in [5.74, 6) is -1.75. The molecule has 0 amide bonds. The summed E-state index contributed by atoms with van der Waals surface area (Å²) in [4.78, 5) is 34.0. The van der Waals surface area contributed by atoms with Gasteiger partial charge in [0.15, 0.2) is 4.21 Å². The number of nitro benzene ring substituents is 1. The zero-order valence-electron chi connectivity index (χ0n) is 14.3. The first kappa shape index (κ1) is 20.3. The van der Waals surface area contributed by atoms with Crippen LogP contribution >= 0.6 is 11.3 Å². The normalized spacial score (nSPS) is 10.9. The number of nitrogens with zero attached hydrogens (tertiary/aromatic N) is 1. The van der Waals surface area contributed by atoms with Crippen molar-refractivity contribution in [3.8, 4) is 0 Å². The second kappa shape index (κ2) is 7.72. The molecule has 1 heterocycles. The fourth-order valence-corrected chi connectivity index (χ4v) is 4.98. The van der Waals surface area contributed by atoms with Crippen molar-refractivity contribution in [2.75, 3.05) is 18.9 Å². The molecule has 0 saturated carbocycles. The molecule has 2 rings (SSSR count). The summed E-state index contributed by atoms with van der Waals surface area (Å²) in [5.41, 5.74) is -0.606. The molecule has 1 N–H and O–H groups in total. The van der Waals surface area contributed by atoms with E-state index in [1.807, 2.05) is 0 Å². The van der Waals surface area contributed by atoms with Crippen LogP contribution in [0.4, 0.5) is 11.4 Å².